The maximum atomic E-state index is 11.0. The molecular formula is C18H24O10. The number of aliphatic hydroxyl groups excluding tert-OH is 4. The lowest BCUT2D eigenvalue weighted by Gasteiger charge is -2.39. The highest BCUT2D eigenvalue weighted by Gasteiger charge is 2.45. The SMILES string of the molecule is COc1cc(C=C(C)C(=O)O)cc(OC)c1O[C@H]1O[C@H](CO)[C@@H](O)[C@H](O)[C@@H]1O. The molecule has 10 heteroatoms. The number of hydrogen-bond donors (Lipinski definition) is 5. The average Bonchev–Trinajstić information content (AvgIpc) is 2.68. The van der Waals surface area contributed by atoms with Gasteiger partial charge in [0.15, 0.2) is 11.5 Å². The molecule has 1 saturated heterocycles. The van der Waals surface area contributed by atoms with E-state index in [1.54, 1.807) is 0 Å². The van der Waals surface area contributed by atoms with Gasteiger partial charge in [-0.25, -0.2) is 4.79 Å². The third-order valence-electron chi connectivity index (χ3n) is 4.29. The number of carboxylic acids is 1. The van der Waals surface area contributed by atoms with Gasteiger partial charge in [0.2, 0.25) is 12.0 Å². The molecule has 0 spiro atoms. The molecule has 1 aliphatic heterocycles. The third kappa shape index (κ3) is 4.54. The first-order chi connectivity index (χ1) is 13.2. The second-order valence-electron chi connectivity index (χ2n) is 6.20. The fraction of sp³-hybridized carbons (Fsp3) is 0.500. The molecule has 0 bridgehead atoms. The number of carboxylic acid groups (broad SMARTS) is 1. The van der Waals surface area contributed by atoms with Gasteiger partial charge in [-0.1, -0.05) is 0 Å². The molecule has 156 valence electrons. The Kier molecular flexibility index (Phi) is 7.22. The summed E-state index contributed by atoms with van der Waals surface area (Å²) in [7, 11) is 2.71. The summed E-state index contributed by atoms with van der Waals surface area (Å²) < 4.78 is 21.5. The van der Waals surface area contributed by atoms with Crippen LogP contribution in [0.15, 0.2) is 17.7 Å². The molecule has 5 atom stereocenters. The van der Waals surface area contributed by atoms with Crippen LogP contribution in [0.3, 0.4) is 0 Å². The van der Waals surface area contributed by atoms with Crippen molar-refractivity contribution in [3.8, 4) is 17.2 Å². The van der Waals surface area contributed by atoms with Crippen LogP contribution in [-0.2, 0) is 9.53 Å². The average molecular weight is 400 g/mol. The first-order valence-corrected chi connectivity index (χ1v) is 8.38. The predicted octanol–water partition coefficient (Wildman–Crippen LogP) is -0.630. The molecule has 5 N–H and O–H groups in total. The van der Waals surface area contributed by atoms with E-state index in [0.717, 1.165) is 0 Å². The van der Waals surface area contributed by atoms with Crippen LogP contribution in [-0.4, -0.2) is 83.0 Å². The Morgan fingerprint density at radius 2 is 1.68 bits per heavy atom. The topological polar surface area (TPSA) is 155 Å². The van der Waals surface area contributed by atoms with E-state index in [0.29, 0.717) is 5.56 Å². The van der Waals surface area contributed by atoms with E-state index in [1.807, 2.05) is 0 Å². The Morgan fingerprint density at radius 3 is 2.14 bits per heavy atom. The van der Waals surface area contributed by atoms with Crippen LogP contribution in [0.4, 0.5) is 0 Å². The number of aliphatic carboxylic acids is 1. The molecule has 1 aromatic carbocycles. The molecule has 1 aromatic rings. The summed E-state index contributed by atoms with van der Waals surface area (Å²) in [6, 6.07) is 2.99. The summed E-state index contributed by atoms with van der Waals surface area (Å²) in [6.07, 6.45) is -5.89. The van der Waals surface area contributed by atoms with Crippen molar-refractivity contribution >= 4 is 12.0 Å². The summed E-state index contributed by atoms with van der Waals surface area (Å²) in [5.41, 5.74) is 0.557. The zero-order valence-electron chi connectivity index (χ0n) is 15.6. The molecule has 0 saturated carbocycles. The molecule has 1 heterocycles. The fourth-order valence-corrected chi connectivity index (χ4v) is 2.69. The van der Waals surface area contributed by atoms with Crippen LogP contribution in [0.25, 0.3) is 6.08 Å². The van der Waals surface area contributed by atoms with Crippen molar-refractivity contribution in [3.05, 3.63) is 23.3 Å². The van der Waals surface area contributed by atoms with Crippen LogP contribution in [0.1, 0.15) is 12.5 Å². The molecule has 0 aromatic heterocycles. The molecule has 0 radical (unpaired) electrons. The van der Waals surface area contributed by atoms with Gasteiger partial charge in [0.25, 0.3) is 0 Å². The zero-order valence-corrected chi connectivity index (χ0v) is 15.6. The molecule has 0 unspecified atom stereocenters. The summed E-state index contributed by atoms with van der Waals surface area (Å²) in [5, 5.41) is 48.2. The maximum absolute atomic E-state index is 11.0. The van der Waals surface area contributed by atoms with Gasteiger partial charge in [-0.3, -0.25) is 0 Å². The standard InChI is InChI=1S/C18H24O10/c1-8(17(23)24)4-9-5-10(25-2)16(11(6-9)26-3)28-18-15(22)14(21)13(20)12(7-19)27-18/h4-6,12-15,18-22H,7H2,1-3H3,(H,23,24)/t12-,13-,14+,15+,18-/m1/s1. The minimum atomic E-state index is -1.61. The smallest absolute Gasteiger partial charge is 0.331 e. The van der Waals surface area contributed by atoms with Gasteiger partial charge in [-0.05, 0) is 30.7 Å². The largest absolute Gasteiger partial charge is 0.493 e. The van der Waals surface area contributed by atoms with E-state index < -0.39 is 43.3 Å². The second-order valence-corrected chi connectivity index (χ2v) is 6.20. The molecule has 28 heavy (non-hydrogen) atoms. The van der Waals surface area contributed by atoms with E-state index in [4.69, 9.17) is 24.1 Å². The van der Waals surface area contributed by atoms with Crippen molar-refractivity contribution in [2.75, 3.05) is 20.8 Å². The van der Waals surface area contributed by atoms with E-state index in [9.17, 15) is 25.2 Å². The first kappa shape index (κ1) is 21.9. The van der Waals surface area contributed by atoms with E-state index in [-0.39, 0.29) is 22.8 Å². The minimum absolute atomic E-state index is 0.0273. The Morgan fingerprint density at radius 1 is 1.11 bits per heavy atom. The number of benzene rings is 1. The number of ether oxygens (including phenoxy) is 4. The summed E-state index contributed by atoms with van der Waals surface area (Å²) in [6.45, 7) is 0.830. The normalized spacial score (nSPS) is 28.0. The number of hydrogen-bond acceptors (Lipinski definition) is 9. The monoisotopic (exact) mass is 400 g/mol. The fourth-order valence-electron chi connectivity index (χ4n) is 2.69. The summed E-state index contributed by atoms with van der Waals surface area (Å²) in [5.74, 6) is -0.750. The lowest BCUT2D eigenvalue weighted by atomic mass is 9.99. The van der Waals surface area contributed by atoms with Crippen LogP contribution >= 0.6 is 0 Å². The molecule has 10 nitrogen and oxygen atoms in total. The molecule has 0 aliphatic carbocycles. The zero-order chi connectivity index (χ0) is 21.0. The number of rotatable bonds is 7. The van der Waals surface area contributed by atoms with Crippen molar-refractivity contribution in [2.24, 2.45) is 0 Å². The van der Waals surface area contributed by atoms with E-state index in [2.05, 4.69) is 0 Å². The van der Waals surface area contributed by atoms with Gasteiger partial charge < -0.3 is 44.5 Å². The van der Waals surface area contributed by atoms with Crippen LogP contribution in [0.5, 0.6) is 17.2 Å². The van der Waals surface area contributed by atoms with Crippen molar-refractivity contribution in [1.82, 2.24) is 0 Å². The lowest BCUT2D eigenvalue weighted by Crippen LogP contribution is -2.60. The van der Waals surface area contributed by atoms with Crippen molar-refractivity contribution < 1.29 is 49.3 Å². The second kappa shape index (κ2) is 9.22. The molecule has 2 rings (SSSR count). The highest BCUT2D eigenvalue weighted by atomic mass is 16.7. The minimum Gasteiger partial charge on any atom is -0.493 e. The van der Waals surface area contributed by atoms with Crippen LogP contribution in [0, 0.1) is 0 Å². The van der Waals surface area contributed by atoms with Crippen LogP contribution in [0.2, 0.25) is 0 Å². The van der Waals surface area contributed by atoms with Gasteiger partial charge in [-0.15, -0.1) is 0 Å². The lowest BCUT2D eigenvalue weighted by molar-refractivity contribution is -0.277. The van der Waals surface area contributed by atoms with Crippen molar-refractivity contribution in [3.63, 3.8) is 0 Å². The maximum Gasteiger partial charge on any atom is 0.331 e. The first-order valence-electron chi connectivity index (χ1n) is 8.38. The Labute approximate surface area is 161 Å². The number of aliphatic hydroxyl groups is 4. The van der Waals surface area contributed by atoms with Gasteiger partial charge in [0, 0.05) is 5.57 Å². The predicted molar refractivity (Wildman–Crippen MR) is 95.2 cm³/mol. The molecule has 1 fully saturated rings. The van der Waals surface area contributed by atoms with Gasteiger partial charge in [-0.2, -0.15) is 0 Å². The van der Waals surface area contributed by atoms with E-state index in [1.165, 1.54) is 39.4 Å². The van der Waals surface area contributed by atoms with Gasteiger partial charge in [0.05, 0.1) is 20.8 Å². The Hall–Kier alpha value is -2.37. The van der Waals surface area contributed by atoms with Gasteiger partial charge >= 0.3 is 5.97 Å². The van der Waals surface area contributed by atoms with Crippen molar-refractivity contribution in [2.45, 2.75) is 37.6 Å². The summed E-state index contributed by atoms with van der Waals surface area (Å²) >= 11 is 0. The Bertz CT molecular complexity index is 704. The molecular weight excluding hydrogens is 376 g/mol. The molecule has 1 aliphatic rings. The third-order valence-corrected chi connectivity index (χ3v) is 4.29. The van der Waals surface area contributed by atoms with Gasteiger partial charge in [0.1, 0.15) is 24.4 Å². The number of methoxy groups -OCH3 is 2. The van der Waals surface area contributed by atoms with E-state index >= 15 is 0 Å². The summed E-state index contributed by atoms with van der Waals surface area (Å²) in [4.78, 5) is 11.0. The van der Waals surface area contributed by atoms with Crippen LogP contribution < -0.4 is 14.2 Å². The number of carbonyl (C=O) groups is 1. The van der Waals surface area contributed by atoms with Crippen molar-refractivity contribution in [1.29, 1.82) is 0 Å². The highest BCUT2D eigenvalue weighted by molar-refractivity contribution is 5.91. The highest BCUT2D eigenvalue weighted by Crippen LogP contribution is 2.41. The Balaban J connectivity index is 2.39. The molecule has 0 amide bonds. The quantitative estimate of drug-likeness (QED) is 0.374.